The molecular formula is C11H22N2O2. The highest BCUT2D eigenvalue weighted by Crippen LogP contribution is 2.35. The number of primary amides is 1. The summed E-state index contributed by atoms with van der Waals surface area (Å²) >= 11 is 0. The van der Waals surface area contributed by atoms with Crippen LogP contribution in [0.4, 0.5) is 4.79 Å². The minimum atomic E-state index is -0.695. The molecule has 1 unspecified atom stereocenters. The van der Waals surface area contributed by atoms with Crippen LogP contribution in [0.5, 0.6) is 0 Å². The van der Waals surface area contributed by atoms with E-state index in [1.807, 2.05) is 0 Å². The molecule has 0 heterocycles. The molecule has 1 aliphatic carbocycles. The molecule has 1 atom stereocenters. The summed E-state index contributed by atoms with van der Waals surface area (Å²) in [5, 5.41) is 3.43. The Morgan fingerprint density at radius 1 is 1.53 bits per heavy atom. The SMILES string of the molecule is CC1(C)CCCCC1NCCOC(N)=O. The number of carbonyl (C=O) groups is 1. The second-order valence-electron chi connectivity index (χ2n) is 4.91. The van der Waals surface area contributed by atoms with Crippen molar-refractivity contribution in [1.82, 2.24) is 5.32 Å². The molecule has 0 aromatic carbocycles. The standard InChI is InChI=1S/C11H22N2O2/c1-11(2)6-4-3-5-9(11)13-7-8-15-10(12)14/h9,13H,3-8H2,1-2H3,(H2,12,14). The van der Waals surface area contributed by atoms with Gasteiger partial charge in [-0.25, -0.2) is 4.79 Å². The van der Waals surface area contributed by atoms with Gasteiger partial charge < -0.3 is 15.8 Å². The number of hydrogen-bond acceptors (Lipinski definition) is 3. The van der Waals surface area contributed by atoms with Crippen LogP contribution in [0.15, 0.2) is 0 Å². The number of hydrogen-bond donors (Lipinski definition) is 2. The average molecular weight is 214 g/mol. The summed E-state index contributed by atoms with van der Waals surface area (Å²) < 4.78 is 4.68. The van der Waals surface area contributed by atoms with E-state index in [-0.39, 0.29) is 0 Å². The van der Waals surface area contributed by atoms with Crippen LogP contribution in [0.1, 0.15) is 39.5 Å². The molecule has 15 heavy (non-hydrogen) atoms. The summed E-state index contributed by atoms with van der Waals surface area (Å²) in [5.41, 5.74) is 5.23. The molecule has 0 aromatic rings. The van der Waals surface area contributed by atoms with Crippen molar-refractivity contribution >= 4 is 6.09 Å². The predicted octanol–water partition coefficient (Wildman–Crippen LogP) is 1.64. The first-order chi connectivity index (χ1) is 7.02. The van der Waals surface area contributed by atoms with Crippen molar-refractivity contribution in [1.29, 1.82) is 0 Å². The normalized spacial score (nSPS) is 24.8. The summed E-state index contributed by atoms with van der Waals surface area (Å²) in [7, 11) is 0. The smallest absolute Gasteiger partial charge is 0.404 e. The minimum Gasteiger partial charge on any atom is -0.448 e. The van der Waals surface area contributed by atoms with Crippen LogP contribution in [-0.2, 0) is 4.74 Å². The van der Waals surface area contributed by atoms with Gasteiger partial charge in [0.25, 0.3) is 0 Å². The molecule has 0 saturated heterocycles. The van der Waals surface area contributed by atoms with Gasteiger partial charge in [0.2, 0.25) is 0 Å². The van der Waals surface area contributed by atoms with E-state index in [4.69, 9.17) is 5.73 Å². The Morgan fingerprint density at radius 3 is 2.87 bits per heavy atom. The molecule has 4 nitrogen and oxygen atoms in total. The lowest BCUT2D eigenvalue weighted by Gasteiger charge is -2.39. The van der Waals surface area contributed by atoms with Crippen molar-refractivity contribution in [2.45, 2.75) is 45.6 Å². The topological polar surface area (TPSA) is 64.3 Å². The number of carbonyl (C=O) groups excluding carboxylic acids is 1. The van der Waals surface area contributed by atoms with Gasteiger partial charge in [-0.15, -0.1) is 0 Å². The third kappa shape index (κ3) is 4.08. The number of nitrogens with one attached hydrogen (secondary N) is 1. The van der Waals surface area contributed by atoms with E-state index in [0.29, 0.717) is 24.6 Å². The van der Waals surface area contributed by atoms with Gasteiger partial charge in [0.1, 0.15) is 6.61 Å². The Morgan fingerprint density at radius 2 is 2.27 bits per heavy atom. The van der Waals surface area contributed by atoms with Crippen molar-refractivity contribution in [3.8, 4) is 0 Å². The van der Waals surface area contributed by atoms with Crippen molar-refractivity contribution in [3.05, 3.63) is 0 Å². The van der Waals surface area contributed by atoms with Crippen LogP contribution in [0, 0.1) is 5.41 Å². The van der Waals surface area contributed by atoms with E-state index in [1.165, 1.54) is 25.7 Å². The zero-order valence-corrected chi connectivity index (χ0v) is 9.71. The van der Waals surface area contributed by atoms with Crippen LogP contribution < -0.4 is 11.1 Å². The van der Waals surface area contributed by atoms with Crippen molar-refractivity contribution in [2.24, 2.45) is 11.1 Å². The maximum absolute atomic E-state index is 10.3. The van der Waals surface area contributed by atoms with E-state index in [2.05, 4.69) is 23.9 Å². The lowest BCUT2D eigenvalue weighted by molar-refractivity contribution is 0.138. The number of rotatable bonds is 4. The highest BCUT2D eigenvalue weighted by Gasteiger charge is 2.31. The van der Waals surface area contributed by atoms with Crippen molar-refractivity contribution in [3.63, 3.8) is 0 Å². The maximum atomic E-state index is 10.3. The van der Waals surface area contributed by atoms with E-state index in [1.54, 1.807) is 0 Å². The number of ether oxygens (including phenoxy) is 1. The second-order valence-corrected chi connectivity index (χ2v) is 4.91. The Kier molecular flexibility index (Phi) is 4.39. The van der Waals surface area contributed by atoms with Gasteiger partial charge in [-0.1, -0.05) is 26.7 Å². The quantitative estimate of drug-likeness (QED) is 0.699. The molecule has 4 heteroatoms. The van der Waals surface area contributed by atoms with Crippen LogP contribution in [-0.4, -0.2) is 25.3 Å². The molecule has 1 amide bonds. The Labute approximate surface area is 91.5 Å². The zero-order valence-electron chi connectivity index (χ0n) is 9.71. The van der Waals surface area contributed by atoms with Gasteiger partial charge in [-0.3, -0.25) is 0 Å². The monoisotopic (exact) mass is 214 g/mol. The molecule has 0 aliphatic heterocycles. The molecule has 1 rings (SSSR count). The molecule has 1 aliphatic rings. The first-order valence-electron chi connectivity index (χ1n) is 5.68. The first-order valence-corrected chi connectivity index (χ1v) is 5.68. The van der Waals surface area contributed by atoms with Crippen molar-refractivity contribution in [2.75, 3.05) is 13.2 Å². The Bertz CT molecular complexity index is 217. The highest BCUT2D eigenvalue weighted by molar-refractivity contribution is 5.64. The molecule has 1 saturated carbocycles. The average Bonchev–Trinajstić information content (AvgIpc) is 2.13. The predicted molar refractivity (Wildman–Crippen MR) is 59.6 cm³/mol. The second kappa shape index (κ2) is 5.35. The molecule has 0 radical (unpaired) electrons. The van der Waals surface area contributed by atoms with Crippen LogP contribution >= 0.6 is 0 Å². The molecule has 0 aromatic heterocycles. The summed E-state index contributed by atoms with van der Waals surface area (Å²) in [6, 6.07) is 0.530. The summed E-state index contributed by atoms with van der Waals surface area (Å²) in [6.45, 7) is 5.64. The first kappa shape index (κ1) is 12.3. The molecule has 1 fully saturated rings. The third-order valence-corrected chi connectivity index (χ3v) is 3.24. The molecule has 0 spiro atoms. The summed E-state index contributed by atoms with van der Waals surface area (Å²) in [4.78, 5) is 10.3. The van der Waals surface area contributed by atoms with Crippen LogP contribution in [0.2, 0.25) is 0 Å². The fraction of sp³-hybridized carbons (Fsp3) is 0.909. The van der Waals surface area contributed by atoms with Gasteiger partial charge in [0.05, 0.1) is 0 Å². The maximum Gasteiger partial charge on any atom is 0.404 e. The van der Waals surface area contributed by atoms with Gasteiger partial charge >= 0.3 is 6.09 Å². The number of nitrogens with two attached hydrogens (primary N) is 1. The summed E-state index contributed by atoms with van der Waals surface area (Å²) in [6.07, 6.45) is 4.39. The zero-order chi connectivity index (χ0) is 11.3. The van der Waals surface area contributed by atoms with E-state index < -0.39 is 6.09 Å². The molecule has 3 N–H and O–H groups in total. The van der Waals surface area contributed by atoms with Gasteiger partial charge in [0.15, 0.2) is 0 Å². The van der Waals surface area contributed by atoms with Gasteiger partial charge in [-0.2, -0.15) is 0 Å². The van der Waals surface area contributed by atoms with E-state index in [9.17, 15) is 4.79 Å². The van der Waals surface area contributed by atoms with Crippen LogP contribution in [0.3, 0.4) is 0 Å². The number of amides is 1. The molecular weight excluding hydrogens is 192 g/mol. The van der Waals surface area contributed by atoms with Gasteiger partial charge in [0, 0.05) is 12.6 Å². The highest BCUT2D eigenvalue weighted by atomic mass is 16.5. The Hall–Kier alpha value is -0.770. The lowest BCUT2D eigenvalue weighted by Crippen LogP contribution is -2.45. The van der Waals surface area contributed by atoms with E-state index >= 15 is 0 Å². The van der Waals surface area contributed by atoms with Crippen molar-refractivity contribution < 1.29 is 9.53 Å². The van der Waals surface area contributed by atoms with Crippen LogP contribution in [0.25, 0.3) is 0 Å². The summed E-state index contributed by atoms with van der Waals surface area (Å²) in [5.74, 6) is 0. The molecule has 0 bridgehead atoms. The molecule has 88 valence electrons. The third-order valence-electron chi connectivity index (χ3n) is 3.24. The largest absolute Gasteiger partial charge is 0.448 e. The fourth-order valence-corrected chi connectivity index (χ4v) is 2.26. The Balaban J connectivity index is 2.21. The lowest BCUT2D eigenvalue weighted by atomic mass is 9.73. The van der Waals surface area contributed by atoms with E-state index in [0.717, 1.165) is 0 Å². The fourth-order valence-electron chi connectivity index (χ4n) is 2.26. The van der Waals surface area contributed by atoms with Gasteiger partial charge in [-0.05, 0) is 18.3 Å². The minimum absolute atomic E-state index is 0.352.